The minimum atomic E-state index is 0.212. The van der Waals surface area contributed by atoms with Crippen LogP contribution >= 0.6 is 0 Å². The molecule has 2 rings (SSSR count). The Morgan fingerprint density at radius 3 is 2.25 bits per heavy atom. The molecule has 1 aromatic rings. The molecule has 0 spiro atoms. The van der Waals surface area contributed by atoms with Crippen molar-refractivity contribution in [1.82, 2.24) is 5.32 Å². The summed E-state index contributed by atoms with van der Waals surface area (Å²) in [5.74, 6) is 0.810. The summed E-state index contributed by atoms with van der Waals surface area (Å²) in [5.41, 5.74) is 2.11. The first-order valence-corrected chi connectivity index (χ1v) is 6.25. The van der Waals surface area contributed by atoms with Crippen molar-refractivity contribution in [2.75, 3.05) is 6.54 Å². The third-order valence-corrected chi connectivity index (χ3v) is 3.74. The number of nitrogens with one attached hydrogen (secondary N) is 1. The molecule has 1 aliphatic rings. The molecule has 1 aliphatic carbocycles. The van der Waals surface area contributed by atoms with E-state index in [4.69, 9.17) is 0 Å². The fraction of sp³-hybridized carbons (Fsp3) is 0.600. The lowest BCUT2D eigenvalue weighted by Gasteiger charge is -2.26. The van der Waals surface area contributed by atoms with Gasteiger partial charge in [-0.05, 0) is 38.7 Å². The molecule has 88 valence electrons. The normalized spacial score (nSPS) is 29.1. The van der Waals surface area contributed by atoms with Crippen LogP contribution in [0.25, 0.3) is 0 Å². The van der Waals surface area contributed by atoms with Gasteiger partial charge in [0.2, 0.25) is 0 Å². The van der Waals surface area contributed by atoms with Gasteiger partial charge in [-0.25, -0.2) is 0 Å². The van der Waals surface area contributed by atoms with Gasteiger partial charge in [-0.1, -0.05) is 37.3 Å². The lowest BCUT2D eigenvalue weighted by atomic mass is 9.92. The first-order valence-electron chi connectivity index (χ1n) is 6.25. The molecule has 0 radical (unpaired) electrons. The third-order valence-electron chi connectivity index (χ3n) is 3.74. The van der Waals surface area contributed by atoms with E-state index in [9.17, 15) is 0 Å². The largest absolute Gasteiger partial charge is 0.311 e. The second-order valence-electron chi connectivity index (χ2n) is 6.23. The van der Waals surface area contributed by atoms with Crippen LogP contribution in [-0.4, -0.2) is 12.1 Å². The van der Waals surface area contributed by atoms with E-state index in [1.807, 2.05) is 0 Å². The van der Waals surface area contributed by atoms with E-state index in [0.29, 0.717) is 5.41 Å². The van der Waals surface area contributed by atoms with E-state index in [0.717, 1.165) is 12.5 Å². The molecule has 0 bridgehead atoms. The van der Waals surface area contributed by atoms with E-state index >= 15 is 0 Å². The molecule has 1 N–H and O–H groups in total. The molecular weight excluding hydrogens is 194 g/mol. The van der Waals surface area contributed by atoms with Crippen molar-refractivity contribution in [3.8, 4) is 0 Å². The highest BCUT2D eigenvalue weighted by Crippen LogP contribution is 2.53. The van der Waals surface area contributed by atoms with Crippen LogP contribution in [0.15, 0.2) is 30.3 Å². The smallest absolute Gasteiger partial charge is 0.0107 e. The highest BCUT2D eigenvalue weighted by atomic mass is 15.0. The lowest BCUT2D eigenvalue weighted by Crippen LogP contribution is -2.41. The topological polar surface area (TPSA) is 12.0 Å². The highest BCUT2D eigenvalue weighted by Gasteiger charge is 2.52. The predicted molar refractivity (Wildman–Crippen MR) is 69.7 cm³/mol. The van der Waals surface area contributed by atoms with Crippen molar-refractivity contribution in [2.45, 2.75) is 45.1 Å². The van der Waals surface area contributed by atoms with Crippen LogP contribution in [0.3, 0.4) is 0 Å². The van der Waals surface area contributed by atoms with Crippen molar-refractivity contribution in [3.05, 3.63) is 35.9 Å². The number of hydrogen-bond acceptors (Lipinski definition) is 1. The Morgan fingerprint density at radius 1 is 1.25 bits per heavy atom. The minimum Gasteiger partial charge on any atom is -0.311 e. The molecule has 0 aliphatic heterocycles. The maximum absolute atomic E-state index is 3.65. The molecule has 16 heavy (non-hydrogen) atoms. The van der Waals surface area contributed by atoms with Gasteiger partial charge < -0.3 is 5.32 Å². The maximum atomic E-state index is 3.65. The zero-order valence-corrected chi connectivity index (χ0v) is 10.9. The molecule has 1 saturated carbocycles. The number of rotatable bonds is 3. The molecule has 1 aromatic carbocycles. The van der Waals surface area contributed by atoms with Crippen molar-refractivity contribution < 1.29 is 0 Å². The summed E-state index contributed by atoms with van der Waals surface area (Å²) in [4.78, 5) is 0. The fourth-order valence-corrected chi connectivity index (χ4v) is 2.43. The predicted octanol–water partition coefficient (Wildman–Crippen LogP) is 3.35. The molecule has 2 atom stereocenters. The molecule has 2 unspecified atom stereocenters. The van der Waals surface area contributed by atoms with Crippen molar-refractivity contribution in [1.29, 1.82) is 0 Å². The van der Waals surface area contributed by atoms with Gasteiger partial charge in [0.1, 0.15) is 0 Å². The summed E-state index contributed by atoms with van der Waals surface area (Å²) < 4.78 is 0. The van der Waals surface area contributed by atoms with Gasteiger partial charge in [-0.3, -0.25) is 0 Å². The van der Waals surface area contributed by atoms with Crippen molar-refractivity contribution >= 4 is 0 Å². The van der Waals surface area contributed by atoms with Crippen molar-refractivity contribution in [2.24, 2.45) is 5.92 Å². The first-order chi connectivity index (χ1) is 7.44. The van der Waals surface area contributed by atoms with Crippen LogP contribution in [0.4, 0.5) is 0 Å². The van der Waals surface area contributed by atoms with Crippen LogP contribution in [0.2, 0.25) is 0 Å². The van der Waals surface area contributed by atoms with E-state index in [1.165, 1.54) is 12.0 Å². The zero-order chi connectivity index (χ0) is 11.8. The molecule has 0 saturated heterocycles. The monoisotopic (exact) mass is 217 g/mol. The van der Waals surface area contributed by atoms with Crippen LogP contribution in [0.5, 0.6) is 0 Å². The summed E-state index contributed by atoms with van der Waals surface area (Å²) in [6.45, 7) is 10.2. The van der Waals surface area contributed by atoms with Gasteiger partial charge in [0.15, 0.2) is 0 Å². The van der Waals surface area contributed by atoms with Gasteiger partial charge in [-0.15, -0.1) is 0 Å². The third kappa shape index (κ3) is 2.30. The fourth-order valence-electron chi connectivity index (χ4n) is 2.43. The Hall–Kier alpha value is -0.820. The van der Waals surface area contributed by atoms with E-state index in [1.54, 1.807) is 0 Å². The van der Waals surface area contributed by atoms with E-state index < -0.39 is 0 Å². The molecule has 0 aromatic heterocycles. The Labute approximate surface area is 99.3 Å². The summed E-state index contributed by atoms with van der Waals surface area (Å²) >= 11 is 0. The average molecular weight is 217 g/mol. The molecular formula is C15H23N. The molecule has 0 amide bonds. The zero-order valence-electron chi connectivity index (χ0n) is 10.9. The number of benzene rings is 1. The quantitative estimate of drug-likeness (QED) is 0.818. The van der Waals surface area contributed by atoms with E-state index in [2.05, 4.69) is 63.3 Å². The Morgan fingerprint density at radius 2 is 1.81 bits per heavy atom. The summed E-state index contributed by atoms with van der Waals surface area (Å²) in [5, 5.41) is 3.65. The van der Waals surface area contributed by atoms with Crippen LogP contribution in [0, 0.1) is 5.92 Å². The Bertz CT molecular complexity index is 349. The van der Waals surface area contributed by atoms with Crippen LogP contribution < -0.4 is 5.32 Å². The summed E-state index contributed by atoms with van der Waals surface area (Å²) in [6.07, 6.45) is 1.32. The standard InChI is InChI=1S/C15H23N/c1-12-10-15(12,11-16-14(2,3)4)13-8-6-5-7-9-13/h5-9,12,16H,10-11H2,1-4H3. The Balaban J connectivity index is 2.10. The van der Waals surface area contributed by atoms with Crippen LogP contribution in [0.1, 0.15) is 39.7 Å². The highest BCUT2D eigenvalue weighted by molar-refractivity contribution is 5.33. The Kier molecular flexibility index (Phi) is 2.83. The summed E-state index contributed by atoms with van der Waals surface area (Å²) in [6, 6.07) is 10.9. The van der Waals surface area contributed by atoms with Gasteiger partial charge in [0, 0.05) is 17.5 Å². The minimum absolute atomic E-state index is 0.212. The summed E-state index contributed by atoms with van der Waals surface area (Å²) in [7, 11) is 0. The molecule has 1 heteroatoms. The number of hydrogen-bond donors (Lipinski definition) is 1. The molecule has 1 nitrogen and oxygen atoms in total. The molecule has 0 heterocycles. The second kappa shape index (κ2) is 3.89. The average Bonchev–Trinajstić information content (AvgIpc) is 2.89. The lowest BCUT2D eigenvalue weighted by molar-refractivity contribution is 0.392. The van der Waals surface area contributed by atoms with Crippen molar-refractivity contribution in [3.63, 3.8) is 0 Å². The first kappa shape index (κ1) is 11.7. The second-order valence-corrected chi connectivity index (χ2v) is 6.23. The van der Waals surface area contributed by atoms with Gasteiger partial charge in [-0.2, -0.15) is 0 Å². The van der Waals surface area contributed by atoms with Gasteiger partial charge in [0.25, 0.3) is 0 Å². The molecule has 1 fully saturated rings. The SMILES string of the molecule is CC1CC1(CNC(C)(C)C)c1ccccc1. The van der Waals surface area contributed by atoms with Crippen LogP contribution in [-0.2, 0) is 5.41 Å². The van der Waals surface area contributed by atoms with E-state index in [-0.39, 0.29) is 5.54 Å². The maximum Gasteiger partial charge on any atom is 0.0107 e. The van der Waals surface area contributed by atoms with Gasteiger partial charge >= 0.3 is 0 Å². The van der Waals surface area contributed by atoms with Gasteiger partial charge in [0.05, 0.1) is 0 Å².